The molecule has 2 aliphatic rings. The molecule has 2 heterocycles. The first-order chi connectivity index (χ1) is 12.5. The molecule has 0 unspecified atom stereocenters. The second kappa shape index (κ2) is 7.74. The van der Waals surface area contributed by atoms with Crippen LogP contribution in [0, 0.1) is 6.92 Å². The highest BCUT2D eigenvalue weighted by atomic mass is 16.5. The van der Waals surface area contributed by atoms with E-state index in [9.17, 15) is 19.5 Å². The van der Waals surface area contributed by atoms with E-state index in [0.717, 1.165) is 5.56 Å². The summed E-state index contributed by atoms with van der Waals surface area (Å²) in [5, 5.41) is 9.98. The molecule has 0 bridgehead atoms. The summed E-state index contributed by atoms with van der Waals surface area (Å²) in [7, 11) is 0. The highest BCUT2D eigenvalue weighted by Crippen LogP contribution is 2.21. The quantitative estimate of drug-likeness (QED) is 0.702. The van der Waals surface area contributed by atoms with Crippen molar-refractivity contribution in [2.24, 2.45) is 0 Å². The maximum atomic E-state index is 12.6. The van der Waals surface area contributed by atoms with Crippen molar-refractivity contribution in [3.8, 4) is 5.75 Å². The average Bonchev–Trinajstić information content (AvgIpc) is 2.67. The van der Waals surface area contributed by atoms with Crippen molar-refractivity contribution in [2.45, 2.75) is 6.92 Å². The van der Waals surface area contributed by atoms with Gasteiger partial charge < -0.3 is 24.5 Å². The van der Waals surface area contributed by atoms with Crippen LogP contribution in [0.1, 0.15) is 15.9 Å². The predicted octanol–water partition coefficient (Wildman–Crippen LogP) is -0.156. The average molecular weight is 361 g/mol. The van der Waals surface area contributed by atoms with Crippen LogP contribution in [0.3, 0.4) is 0 Å². The van der Waals surface area contributed by atoms with Crippen molar-refractivity contribution >= 4 is 17.7 Å². The third-order valence-electron chi connectivity index (χ3n) is 4.72. The number of benzene rings is 1. The minimum absolute atomic E-state index is 0.0454. The second-order valence-electron chi connectivity index (χ2n) is 6.51. The Morgan fingerprint density at radius 2 is 1.42 bits per heavy atom. The molecule has 3 rings (SSSR count). The number of hydrogen-bond acceptors (Lipinski definition) is 5. The van der Waals surface area contributed by atoms with E-state index in [4.69, 9.17) is 4.74 Å². The first kappa shape index (κ1) is 18.2. The first-order valence-electron chi connectivity index (χ1n) is 8.72. The number of amides is 3. The molecule has 0 atom stereocenters. The molecule has 0 saturated carbocycles. The van der Waals surface area contributed by atoms with Gasteiger partial charge in [-0.15, -0.1) is 0 Å². The summed E-state index contributed by atoms with van der Waals surface area (Å²) >= 11 is 0. The van der Waals surface area contributed by atoms with Crippen molar-refractivity contribution < 1.29 is 24.2 Å². The van der Waals surface area contributed by atoms with Crippen LogP contribution >= 0.6 is 0 Å². The van der Waals surface area contributed by atoms with Gasteiger partial charge in [0.25, 0.3) is 5.91 Å². The van der Waals surface area contributed by atoms with Gasteiger partial charge >= 0.3 is 11.8 Å². The van der Waals surface area contributed by atoms with Gasteiger partial charge in [0.15, 0.2) is 0 Å². The number of carbonyl (C=O) groups excluding carboxylic acids is 3. The Balaban J connectivity index is 1.57. The smallest absolute Gasteiger partial charge is 0.312 e. The fourth-order valence-electron chi connectivity index (χ4n) is 3.14. The van der Waals surface area contributed by atoms with E-state index < -0.39 is 11.8 Å². The van der Waals surface area contributed by atoms with Crippen LogP contribution in [0.25, 0.3) is 0 Å². The first-order valence-corrected chi connectivity index (χ1v) is 8.72. The van der Waals surface area contributed by atoms with Gasteiger partial charge in [-0.05, 0) is 24.6 Å². The molecule has 0 spiro atoms. The maximum absolute atomic E-state index is 12.6. The zero-order valence-electron chi connectivity index (χ0n) is 14.8. The summed E-state index contributed by atoms with van der Waals surface area (Å²) in [6.07, 6.45) is 0. The summed E-state index contributed by atoms with van der Waals surface area (Å²) in [5.41, 5.74) is 1.12. The molecule has 8 heteroatoms. The van der Waals surface area contributed by atoms with Crippen molar-refractivity contribution in [2.75, 3.05) is 52.5 Å². The summed E-state index contributed by atoms with van der Waals surface area (Å²) in [6, 6.07) is 4.92. The lowest BCUT2D eigenvalue weighted by Crippen LogP contribution is -2.55. The number of morpholine rings is 1. The molecule has 140 valence electrons. The van der Waals surface area contributed by atoms with Gasteiger partial charge in [-0.25, -0.2) is 0 Å². The van der Waals surface area contributed by atoms with Crippen LogP contribution in [0.4, 0.5) is 0 Å². The molecular formula is C18H23N3O5. The highest BCUT2D eigenvalue weighted by molar-refractivity contribution is 6.34. The number of piperazine rings is 1. The summed E-state index contributed by atoms with van der Waals surface area (Å²) in [4.78, 5) is 41.8. The predicted molar refractivity (Wildman–Crippen MR) is 92.7 cm³/mol. The third-order valence-corrected chi connectivity index (χ3v) is 4.72. The number of hydrogen-bond donors (Lipinski definition) is 1. The Labute approximate surface area is 151 Å². The van der Waals surface area contributed by atoms with E-state index in [1.165, 1.54) is 9.80 Å². The molecule has 0 aliphatic carbocycles. The SMILES string of the molecule is Cc1ccc(C(=O)N2CCN(C(=O)C(=O)N3CCOCC3)CC2)c(O)c1. The number of phenols is 1. The Morgan fingerprint density at radius 3 is 2.00 bits per heavy atom. The molecule has 1 N–H and O–H groups in total. The second-order valence-corrected chi connectivity index (χ2v) is 6.51. The number of aryl methyl sites for hydroxylation is 1. The van der Waals surface area contributed by atoms with E-state index in [-0.39, 0.29) is 17.2 Å². The molecule has 2 saturated heterocycles. The lowest BCUT2D eigenvalue weighted by atomic mass is 10.1. The maximum Gasteiger partial charge on any atom is 0.312 e. The molecule has 26 heavy (non-hydrogen) atoms. The van der Waals surface area contributed by atoms with Crippen LogP contribution in [-0.4, -0.2) is 90.0 Å². The van der Waals surface area contributed by atoms with Crippen LogP contribution in [0.5, 0.6) is 5.75 Å². The van der Waals surface area contributed by atoms with Crippen molar-refractivity contribution in [3.63, 3.8) is 0 Å². The van der Waals surface area contributed by atoms with E-state index in [1.54, 1.807) is 23.1 Å². The normalized spacial score (nSPS) is 18.0. The number of carbonyl (C=O) groups is 3. The Kier molecular flexibility index (Phi) is 5.41. The Morgan fingerprint density at radius 1 is 0.885 bits per heavy atom. The largest absolute Gasteiger partial charge is 0.507 e. The number of nitrogens with zero attached hydrogens (tertiary/aromatic N) is 3. The standard InChI is InChI=1S/C18H23N3O5/c1-13-2-3-14(15(22)12-13)16(23)19-4-6-20(7-5-19)17(24)18(25)21-8-10-26-11-9-21/h2-3,12,22H,4-11H2,1H3. The van der Waals surface area contributed by atoms with E-state index in [1.807, 2.05) is 6.92 Å². The lowest BCUT2D eigenvalue weighted by molar-refractivity contribution is -0.154. The highest BCUT2D eigenvalue weighted by Gasteiger charge is 2.32. The number of aromatic hydroxyl groups is 1. The lowest BCUT2D eigenvalue weighted by Gasteiger charge is -2.36. The number of ether oxygens (including phenoxy) is 1. The fraction of sp³-hybridized carbons (Fsp3) is 0.500. The van der Waals surface area contributed by atoms with Crippen LogP contribution in [-0.2, 0) is 14.3 Å². The van der Waals surface area contributed by atoms with Crippen LogP contribution in [0.15, 0.2) is 18.2 Å². The summed E-state index contributed by atoms with van der Waals surface area (Å²) in [6.45, 7) is 4.83. The van der Waals surface area contributed by atoms with Crippen molar-refractivity contribution in [1.29, 1.82) is 0 Å². The van der Waals surface area contributed by atoms with Gasteiger partial charge in [-0.3, -0.25) is 14.4 Å². The van der Waals surface area contributed by atoms with E-state index in [0.29, 0.717) is 52.5 Å². The minimum atomic E-state index is -0.530. The number of rotatable bonds is 1. The van der Waals surface area contributed by atoms with Gasteiger partial charge in [0.1, 0.15) is 5.75 Å². The van der Waals surface area contributed by atoms with Gasteiger partial charge in [-0.1, -0.05) is 6.07 Å². The summed E-state index contributed by atoms with van der Waals surface area (Å²) in [5.74, 6) is -1.36. The monoisotopic (exact) mass is 361 g/mol. The molecule has 3 amide bonds. The topological polar surface area (TPSA) is 90.4 Å². The molecular weight excluding hydrogens is 338 g/mol. The molecule has 8 nitrogen and oxygen atoms in total. The van der Waals surface area contributed by atoms with E-state index >= 15 is 0 Å². The van der Waals surface area contributed by atoms with Crippen molar-refractivity contribution in [1.82, 2.24) is 14.7 Å². The van der Waals surface area contributed by atoms with Crippen molar-refractivity contribution in [3.05, 3.63) is 29.3 Å². The summed E-state index contributed by atoms with van der Waals surface area (Å²) < 4.78 is 5.19. The molecule has 0 aromatic heterocycles. The fourth-order valence-corrected chi connectivity index (χ4v) is 3.14. The van der Waals surface area contributed by atoms with Gasteiger partial charge in [0, 0.05) is 39.3 Å². The van der Waals surface area contributed by atoms with Crippen LogP contribution < -0.4 is 0 Å². The Bertz CT molecular complexity index is 707. The van der Waals surface area contributed by atoms with Crippen LogP contribution in [0.2, 0.25) is 0 Å². The van der Waals surface area contributed by atoms with Gasteiger partial charge in [-0.2, -0.15) is 0 Å². The van der Waals surface area contributed by atoms with Gasteiger partial charge in [0.2, 0.25) is 0 Å². The molecule has 1 aromatic carbocycles. The molecule has 2 aliphatic heterocycles. The minimum Gasteiger partial charge on any atom is -0.507 e. The van der Waals surface area contributed by atoms with E-state index in [2.05, 4.69) is 0 Å². The number of phenolic OH excluding ortho intramolecular Hbond substituents is 1. The zero-order valence-corrected chi connectivity index (χ0v) is 14.8. The molecule has 2 fully saturated rings. The Hall–Kier alpha value is -2.61. The molecule has 1 aromatic rings. The zero-order chi connectivity index (χ0) is 18.7. The molecule has 0 radical (unpaired) electrons. The third kappa shape index (κ3) is 3.80. The van der Waals surface area contributed by atoms with Gasteiger partial charge in [0.05, 0.1) is 18.8 Å².